The van der Waals surface area contributed by atoms with Crippen LogP contribution in [0.15, 0.2) is 88.5 Å². The summed E-state index contributed by atoms with van der Waals surface area (Å²) in [6, 6.07) is 24.7. The molecule has 0 radical (unpaired) electrons. The maximum atomic E-state index is 14.0. The van der Waals surface area contributed by atoms with E-state index >= 15 is 0 Å². The van der Waals surface area contributed by atoms with Crippen LogP contribution in [0.25, 0.3) is 17.1 Å². The summed E-state index contributed by atoms with van der Waals surface area (Å²) in [5, 5.41) is 9.52. The average molecular weight is 440 g/mol. The first-order valence-electron chi connectivity index (χ1n) is 8.35. The average Bonchev–Trinajstić information content (AvgIpc) is 3.12. The van der Waals surface area contributed by atoms with E-state index in [9.17, 15) is 4.39 Å². The molecule has 3 nitrogen and oxygen atoms in total. The van der Waals surface area contributed by atoms with Gasteiger partial charge in [0, 0.05) is 21.5 Å². The molecule has 0 spiro atoms. The van der Waals surface area contributed by atoms with E-state index in [2.05, 4.69) is 26.1 Å². The van der Waals surface area contributed by atoms with Crippen LogP contribution in [-0.2, 0) is 5.75 Å². The molecule has 1 aromatic heterocycles. The minimum atomic E-state index is -0.206. The minimum absolute atomic E-state index is 0.206. The van der Waals surface area contributed by atoms with Gasteiger partial charge in [-0.25, -0.2) is 4.39 Å². The zero-order valence-electron chi connectivity index (χ0n) is 14.2. The second-order valence-electron chi connectivity index (χ2n) is 5.87. The Bertz CT molecular complexity index is 1070. The number of benzene rings is 3. The lowest BCUT2D eigenvalue weighted by Crippen LogP contribution is -2.00. The first-order chi connectivity index (χ1) is 13.2. The number of rotatable bonds is 5. The van der Waals surface area contributed by atoms with E-state index < -0.39 is 0 Å². The van der Waals surface area contributed by atoms with Gasteiger partial charge in [0.05, 0.1) is 0 Å². The molecule has 1 heterocycles. The van der Waals surface area contributed by atoms with Crippen LogP contribution in [0, 0.1) is 5.82 Å². The van der Waals surface area contributed by atoms with Crippen molar-refractivity contribution in [3.05, 3.63) is 94.7 Å². The molecular weight excluding hydrogens is 425 g/mol. The minimum Gasteiger partial charge on any atom is -0.270 e. The maximum Gasteiger partial charge on any atom is 0.196 e. The van der Waals surface area contributed by atoms with Gasteiger partial charge in [0.25, 0.3) is 0 Å². The van der Waals surface area contributed by atoms with Crippen molar-refractivity contribution < 1.29 is 4.39 Å². The lowest BCUT2D eigenvalue weighted by atomic mass is 10.2. The van der Waals surface area contributed by atoms with E-state index in [1.807, 2.05) is 65.2 Å². The molecule has 134 valence electrons. The fourth-order valence-corrected chi connectivity index (χ4v) is 4.08. The smallest absolute Gasteiger partial charge is 0.196 e. The van der Waals surface area contributed by atoms with Crippen molar-refractivity contribution in [3.63, 3.8) is 0 Å². The Morgan fingerprint density at radius 2 is 1.67 bits per heavy atom. The van der Waals surface area contributed by atoms with E-state index in [0.29, 0.717) is 11.3 Å². The Morgan fingerprint density at radius 3 is 2.44 bits per heavy atom. The number of aromatic nitrogens is 3. The molecule has 27 heavy (non-hydrogen) atoms. The summed E-state index contributed by atoms with van der Waals surface area (Å²) in [5.74, 6) is 1.03. The molecule has 4 rings (SSSR count). The fourth-order valence-electron chi connectivity index (χ4n) is 2.75. The summed E-state index contributed by atoms with van der Waals surface area (Å²) in [5.41, 5.74) is 2.57. The molecule has 0 saturated heterocycles. The summed E-state index contributed by atoms with van der Waals surface area (Å²) in [7, 11) is 0. The van der Waals surface area contributed by atoms with Gasteiger partial charge in [-0.3, -0.25) is 4.57 Å². The molecule has 0 aliphatic rings. The third kappa shape index (κ3) is 3.96. The van der Waals surface area contributed by atoms with Crippen molar-refractivity contribution in [2.24, 2.45) is 0 Å². The quantitative estimate of drug-likeness (QED) is 0.350. The summed E-state index contributed by atoms with van der Waals surface area (Å²) < 4.78 is 17.0. The highest BCUT2D eigenvalue weighted by atomic mass is 79.9. The monoisotopic (exact) mass is 439 g/mol. The predicted molar refractivity (Wildman–Crippen MR) is 110 cm³/mol. The molecule has 0 aliphatic heterocycles. The molecule has 0 unspecified atom stereocenters. The standard InChI is InChI=1S/C21H15BrFN3S/c22-17-9-6-8-15(13-17)20-24-25-21(26(20)18-10-2-1-3-11-18)27-14-16-7-4-5-12-19(16)23/h1-13H,14H2. The van der Waals surface area contributed by atoms with E-state index in [4.69, 9.17) is 0 Å². The van der Waals surface area contributed by atoms with Gasteiger partial charge < -0.3 is 0 Å². The molecule has 0 atom stereocenters. The van der Waals surface area contributed by atoms with Crippen molar-refractivity contribution in [3.8, 4) is 17.1 Å². The topological polar surface area (TPSA) is 30.7 Å². The second-order valence-corrected chi connectivity index (χ2v) is 7.73. The number of hydrogen-bond acceptors (Lipinski definition) is 3. The summed E-state index contributed by atoms with van der Waals surface area (Å²) >= 11 is 4.98. The molecular formula is C21H15BrFN3S. The zero-order chi connectivity index (χ0) is 18.6. The van der Waals surface area contributed by atoms with E-state index in [1.165, 1.54) is 17.8 Å². The number of nitrogens with zero attached hydrogens (tertiary/aromatic N) is 3. The molecule has 0 fully saturated rings. The predicted octanol–water partition coefficient (Wildman–Crippen LogP) is 6.13. The number of hydrogen-bond donors (Lipinski definition) is 0. The molecule has 4 aromatic rings. The number of para-hydroxylation sites is 1. The Labute approximate surface area is 169 Å². The van der Waals surface area contributed by atoms with E-state index in [0.717, 1.165) is 26.7 Å². The van der Waals surface area contributed by atoms with E-state index in [-0.39, 0.29) is 5.82 Å². The van der Waals surface area contributed by atoms with Gasteiger partial charge >= 0.3 is 0 Å². The zero-order valence-corrected chi connectivity index (χ0v) is 16.6. The van der Waals surface area contributed by atoms with Gasteiger partial charge in [0.2, 0.25) is 0 Å². The molecule has 0 saturated carbocycles. The van der Waals surface area contributed by atoms with Crippen molar-refractivity contribution in [2.75, 3.05) is 0 Å². The van der Waals surface area contributed by atoms with E-state index in [1.54, 1.807) is 12.1 Å². The molecule has 0 N–H and O–H groups in total. The Morgan fingerprint density at radius 1 is 0.889 bits per heavy atom. The SMILES string of the molecule is Fc1ccccc1CSc1nnc(-c2cccc(Br)c2)n1-c1ccccc1. The van der Waals surface area contributed by atoms with Crippen LogP contribution in [0.5, 0.6) is 0 Å². The lowest BCUT2D eigenvalue weighted by molar-refractivity contribution is 0.617. The van der Waals surface area contributed by atoms with Gasteiger partial charge in [-0.2, -0.15) is 0 Å². The first-order valence-corrected chi connectivity index (χ1v) is 10.1. The highest BCUT2D eigenvalue weighted by molar-refractivity contribution is 9.10. The summed E-state index contributed by atoms with van der Waals surface area (Å²) in [4.78, 5) is 0. The third-order valence-electron chi connectivity index (χ3n) is 4.05. The van der Waals surface area contributed by atoms with Crippen LogP contribution in [0.4, 0.5) is 4.39 Å². The van der Waals surface area contributed by atoms with Crippen LogP contribution >= 0.6 is 27.7 Å². The fraction of sp³-hybridized carbons (Fsp3) is 0.0476. The van der Waals surface area contributed by atoms with Gasteiger partial charge in [-0.15, -0.1) is 10.2 Å². The van der Waals surface area contributed by atoms with Crippen LogP contribution in [-0.4, -0.2) is 14.8 Å². The Kier molecular flexibility index (Phi) is 5.36. The third-order valence-corrected chi connectivity index (χ3v) is 5.52. The van der Waals surface area contributed by atoms with Crippen LogP contribution in [0.2, 0.25) is 0 Å². The molecule has 0 bridgehead atoms. The van der Waals surface area contributed by atoms with Crippen molar-refractivity contribution in [1.29, 1.82) is 0 Å². The van der Waals surface area contributed by atoms with Gasteiger partial charge in [0.15, 0.2) is 11.0 Å². The number of thioether (sulfide) groups is 1. The largest absolute Gasteiger partial charge is 0.270 e. The second kappa shape index (κ2) is 8.06. The Balaban J connectivity index is 1.75. The van der Waals surface area contributed by atoms with Crippen molar-refractivity contribution >= 4 is 27.7 Å². The Hall–Kier alpha value is -2.44. The van der Waals surface area contributed by atoms with Gasteiger partial charge in [0.1, 0.15) is 5.82 Å². The van der Waals surface area contributed by atoms with Crippen molar-refractivity contribution in [1.82, 2.24) is 14.8 Å². The van der Waals surface area contributed by atoms with Crippen molar-refractivity contribution in [2.45, 2.75) is 10.9 Å². The highest BCUT2D eigenvalue weighted by Gasteiger charge is 2.17. The molecule has 3 aromatic carbocycles. The summed E-state index contributed by atoms with van der Waals surface area (Å²) in [6.07, 6.45) is 0. The molecule has 6 heteroatoms. The van der Waals surface area contributed by atoms with Gasteiger partial charge in [-0.1, -0.05) is 76.2 Å². The normalized spacial score (nSPS) is 10.9. The molecule has 0 amide bonds. The van der Waals surface area contributed by atoms with Gasteiger partial charge in [-0.05, 0) is 35.9 Å². The van der Waals surface area contributed by atoms with Crippen LogP contribution in [0.3, 0.4) is 0 Å². The first kappa shape index (κ1) is 17.9. The molecule has 0 aliphatic carbocycles. The van der Waals surface area contributed by atoms with Crippen LogP contribution in [0.1, 0.15) is 5.56 Å². The number of halogens is 2. The van der Waals surface area contributed by atoms with Crippen LogP contribution < -0.4 is 0 Å². The highest BCUT2D eigenvalue weighted by Crippen LogP contribution is 2.31. The maximum absolute atomic E-state index is 14.0. The lowest BCUT2D eigenvalue weighted by Gasteiger charge is -2.10. The summed E-state index contributed by atoms with van der Waals surface area (Å²) in [6.45, 7) is 0.